The molecule has 1 heterocycles. The fourth-order valence-corrected chi connectivity index (χ4v) is 2.59. The summed E-state index contributed by atoms with van der Waals surface area (Å²) in [5.74, 6) is 7.85. The maximum absolute atomic E-state index is 8.84. The number of rotatable bonds is 3. The first-order valence-corrected chi connectivity index (χ1v) is 8.44. The van der Waals surface area contributed by atoms with Crippen molar-refractivity contribution in [3.05, 3.63) is 77.1 Å². The predicted molar refractivity (Wildman–Crippen MR) is 107 cm³/mol. The first kappa shape index (κ1) is 18.5. The molecule has 0 aliphatic heterocycles. The van der Waals surface area contributed by atoms with Crippen molar-refractivity contribution in [1.29, 1.82) is 10.5 Å². The molecule has 3 aromatic rings. The highest BCUT2D eigenvalue weighted by Gasteiger charge is 2.07. The third kappa shape index (κ3) is 4.10. The number of hydrogen-bond acceptors (Lipinski definition) is 4. The van der Waals surface area contributed by atoms with Crippen LogP contribution in [0.2, 0.25) is 0 Å². The number of imidazole rings is 1. The Morgan fingerprint density at radius 2 is 1.68 bits per heavy atom. The minimum Gasteiger partial charge on any atom is -0.497 e. The van der Waals surface area contributed by atoms with Crippen molar-refractivity contribution < 1.29 is 4.74 Å². The second-order valence-corrected chi connectivity index (χ2v) is 5.91. The molecule has 0 aliphatic carbocycles. The van der Waals surface area contributed by atoms with Crippen LogP contribution in [-0.4, -0.2) is 16.7 Å². The molecular formula is C23H16N4O. The van der Waals surface area contributed by atoms with E-state index in [0.717, 1.165) is 34.0 Å². The predicted octanol–water partition coefficient (Wildman–Crippen LogP) is 3.93. The van der Waals surface area contributed by atoms with Gasteiger partial charge in [-0.15, -0.1) is 0 Å². The van der Waals surface area contributed by atoms with Crippen LogP contribution in [0.4, 0.5) is 0 Å². The van der Waals surface area contributed by atoms with Crippen molar-refractivity contribution in [3.8, 4) is 41.1 Å². The van der Waals surface area contributed by atoms with Gasteiger partial charge in [0.25, 0.3) is 0 Å². The van der Waals surface area contributed by atoms with Crippen LogP contribution in [0.25, 0.3) is 17.5 Å². The molecule has 2 aromatic carbocycles. The summed E-state index contributed by atoms with van der Waals surface area (Å²) in [7, 11) is 3.55. The number of aromatic nitrogens is 2. The first-order valence-electron chi connectivity index (χ1n) is 8.44. The van der Waals surface area contributed by atoms with Gasteiger partial charge in [-0.3, -0.25) is 0 Å². The molecule has 0 spiro atoms. The Hall–Kier alpha value is -4.27. The average molecular weight is 364 g/mol. The van der Waals surface area contributed by atoms with Crippen molar-refractivity contribution in [2.45, 2.75) is 0 Å². The van der Waals surface area contributed by atoms with Crippen molar-refractivity contribution in [2.75, 3.05) is 7.11 Å². The third-order valence-electron chi connectivity index (χ3n) is 4.13. The van der Waals surface area contributed by atoms with Gasteiger partial charge in [0, 0.05) is 18.2 Å². The Morgan fingerprint density at radius 1 is 1.00 bits per heavy atom. The van der Waals surface area contributed by atoms with Crippen molar-refractivity contribution >= 4 is 6.08 Å². The van der Waals surface area contributed by atoms with Crippen LogP contribution in [0.15, 0.2) is 60.3 Å². The summed E-state index contributed by atoms with van der Waals surface area (Å²) in [6, 6.07) is 18.8. The Kier molecular flexibility index (Phi) is 5.56. The molecule has 5 nitrogen and oxygen atoms in total. The van der Waals surface area contributed by atoms with E-state index in [4.69, 9.17) is 15.3 Å². The minimum atomic E-state index is 0.0702. The van der Waals surface area contributed by atoms with Crippen molar-refractivity contribution in [1.82, 2.24) is 9.55 Å². The van der Waals surface area contributed by atoms with Gasteiger partial charge in [-0.05, 0) is 41.8 Å². The zero-order valence-electron chi connectivity index (χ0n) is 15.5. The average Bonchev–Trinajstić information content (AvgIpc) is 3.11. The Labute approximate surface area is 163 Å². The molecule has 0 fully saturated rings. The van der Waals surface area contributed by atoms with E-state index in [2.05, 4.69) is 16.8 Å². The van der Waals surface area contributed by atoms with Gasteiger partial charge < -0.3 is 9.30 Å². The maximum atomic E-state index is 8.84. The molecule has 0 unspecified atom stereocenters. The van der Waals surface area contributed by atoms with E-state index in [9.17, 15) is 0 Å². The quantitative estimate of drug-likeness (QED) is 0.521. The lowest BCUT2D eigenvalue weighted by Gasteiger charge is -2.03. The second-order valence-electron chi connectivity index (χ2n) is 5.91. The normalized spacial score (nSPS) is 9.43. The molecular weight excluding hydrogens is 348 g/mol. The van der Waals surface area contributed by atoms with Gasteiger partial charge in [-0.2, -0.15) is 10.5 Å². The van der Waals surface area contributed by atoms with E-state index in [-0.39, 0.29) is 5.57 Å². The van der Waals surface area contributed by atoms with Crippen LogP contribution in [-0.2, 0) is 7.05 Å². The summed E-state index contributed by atoms with van der Waals surface area (Å²) in [5, 5.41) is 17.7. The highest BCUT2D eigenvalue weighted by Crippen LogP contribution is 2.20. The summed E-state index contributed by atoms with van der Waals surface area (Å²) in [6.45, 7) is 0. The fourth-order valence-electron chi connectivity index (χ4n) is 2.59. The van der Waals surface area contributed by atoms with Gasteiger partial charge in [-0.1, -0.05) is 30.2 Å². The SMILES string of the molecule is COc1ccc(C#Cc2cnc(-c3ccc(C=C(C#N)C#N)cc3)n2C)cc1. The number of methoxy groups -OCH3 is 1. The van der Waals surface area contributed by atoms with Gasteiger partial charge in [0.05, 0.1) is 13.3 Å². The van der Waals surface area contributed by atoms with Gasteiger partial charge in [0.2, 0.25) is 0 Å². The molecule has 0 saturated carbocycles. The number of hydrogen-bond donors (Lipinski definition) is 0. The number of allylic oxidation sites excluding steroid dienone is 1. The lowest BCUT2D eigenvalue weighted by molar-refractivity contribution is 0.415. The summed E-state index contributed by atoms with van der Waals surface area (Å²) >= 11 is 0. The van der Waals surface area contributed by atoms with E-state index in [0.29, 0.717) is 0 Å². The molecule has 0 N–H and O–H groups in total. The van der Waals surface area contributed by atoms with Crippen LogP contribution < -0.4 is 4.74 Å². The van der Waals surface area contributed by atoms with Crippen molar-refractivity contribution in [3.63, 3.8) is 0 Å². The molecule has 0 saturated heterocycles. The van der Waals surface area contributed by atoms with Crippen LogP contribution in [0, 0.1) is 34.5 Å². The topological polar surface area (TPSA) is 74.6 Å². The van der Waals surface area contributed by atoms with Gasteiger partial charge >= 0.3 is 0 Å². The smallest absolute Gasteiger partial charge is 0.140 e. The number of nitrogens with zero attached hydrogens (tertiary/aromatic N) is 4. The second kappa shape index (κ2) is 8.41. The standard InChI is InChI=1S/C23H16N4O/c1-27-21(10-5-17-6-11-22(28-2)12-7-17)16-26-23(27)20-8-3-18(4-9-20)13-19(14-24)15-25/h3-4,6-9,11-13,16H,1-2H3. The summed E-state index contributed by atoms with van der Waals surface area (Å²) < 4.78 is 7.08. The Morgan fingerprint density at radius 3 is 2.29 bits per heavy atom. The first-order chi connectivity index (χ1) is 13.6. The molecule has 0 radical (unpaired) electrons. The van der Waals surface area contributed by atoms with E-state index < -0.39 is 0 Å². The zero-order chi connectivity index (χ0) is 19.9. The van der Waals surface area contributed by atoms with E-state index in [1.807, 2.05) is 72.3 Å². The number of nitriles is 2. The molecule has 0 amide bonds. The molecule has 0 atom stereocenters. The highest BCUT2D eigenvalue weighted by molar-refractivity contribution is 5.65. The van der Waals surface area contributed by atoms with E-state index >= 15 is 0 Å². The molecule has 0 bridgehead atoms. The minimum absolute atomic E-state index is 0.0702. The van der Waals surface area contributed by atoms with E-state index in [1.54, 1.807) is 19.4 Å². The van der Waals surface area contributed by atoms with Gasteiger partial charge in [0.15, 0.2) is 0 Å². The Balaban J connectivity index is 1.83. The molecule has 134 valence electrons. The molecule has 3 rings (SSSR count). The number of ether oxygens (including phenoxy) is 1. The lowest BCUT2D eigenvalue weighted by atomic mass is 10.1. The van der Waals surface area contributed by atoms with Crippen LogP contribution in [0.1, 0.15) is 16.8 Å². The monoisotopic (exact) mass is 364 g/mol. The maximum Gasteiger partial charge on any atom is 0.140 e. The summed E-state index contributed by atoms with van der Waals surface area (Å²) in [4.78, 5) is 4.47. The summed E-state index contributed by atoms with van der Waals surface area (Å²) in [5.41, 5.74) is 3.47. The highest BCUT2D eigenvalue weighted by atomic mass is 16.5. The van der Waals surface area contributed by atoms with Gasteiger partial charge in [-0.25, -0.2) is 4.98 Å². The van der Waals surface area contributed by atoms with Crippen molar-refractivity contribution in [2.24, 2.45) is 7.05 Å². The van der Waals surface area contributed by atoms with Crippen LogP contribution >= 0.6 is 0 Å². The summed E-state index contributed by atoms with van der Waals surface area (Å²) in [6.07, 6.45) is 3.29. The zero-order valence-corrected chi connectivity index (χ0v) is 15.5. The van der Waals surface area contributed by atoms with Crippen LogP contribution in [0.3, 0.4) is 0 Å². The third-order valence-corrected chi connectivity index (χ3v) is 4.13. The van der Waals surface area contributed by atoms with Gasteiger partial charge in [0.1, 0.15) is 35.0 Å². The largest absolute Gasteiger partial charge is 0.497 e. The lowest BCUT2D eigenvalue weighted by Crippen LogP contribution is -1.95. The number of benzene rings is 2. The van der Waals surface area contributed by atoms with Crippen LogP contribution in [0.5, 0.6) is 5.75 Å². The molecule has 28 heavy (non-hydrogen) atoms. The molecule has 1 aromatic heterocycles. The Bertz CT molecular complexity index is 1140. The fraction of sp³-hybridized carbons (Fsp3) is 0.0870. The van der Waals surface area contributed by atoms with E-state index in [1.165, 1.54) is 0 Å². The molecule has 5 heteroatoms. The molecule has 0 aliphatic rings.